The number of anilines is 1. The number of aromatic nitrogens is 3. The van der Waals surface area contributed by atoms with Crippen LogP contribution in [0.25, 0.3) is 10.9 Å². The Morgan fingerprint density at radius 1 is 1.19 bits per heavy atom. The van der Waals surface area contributed by atoms with E-state index in [2.05, 4.69) is 38.5 Å². The first kappa shape index (κ1) is 16.6. The minimum absolute atomic E-state index is 0.0408. The smallest absolute Gasteiger partial charge is 0.269 e. The minimum Gasteiger partial charge on any atom is -0.371 e. The van der Waals surface area contributed by atoms with Crippen molar-refractivity contribution in [2.45, 2.75) is 25.8 Å². The summed E-state index contributed by atoms with van der Waals surface area (Å²) in [6, 6.07) is 12.3. The standard InChI is InChI=1S/C20H23N5O/c1-14-13-19(24(2)23-14)20(26)22-15-8-11-25(12-9-15)18-7-10-21-17-6-4-3-5-16(17)18/h3-7,10,13,15H,8-9,11-12H2,1-2H3,(H,22,26). The Bertz CT molecular complexity index is 935. The van der Waals surface area contributed by atoms with E-state index < -0.39 is 0 Å². The maximum atomic E-state index is 12.5. The summed E-state index contributed by atoms with van der Waals surface area (Å²) in [7, 11) is 1.80. The summed E-state index contributed by atoms with van der Waals surface area (Å²) < 4.78 is 1.64. The van der Waals surface area contributed by atoms with Crippen molar-refractivity contribution in [2.75, 3.05) is 18.0 Å². The molecule has 26 heavy (non-hydrogen) atoms. The van der Waals surface area contributed by atoms with E-state index in [0.717, 1.165) is 37.1 Å². The second kappa shape index (κ2) is 6.78. The van der Waals surface area contributed by atoms with Crippen LogP contribution in [0.4, 0.5) is 5.69 Å². The molecule has 1 N–H and O–H groups in total. The average molecular weight is 349 g/mol. The molecule has 1 aromatic carbocycles. The van der Waals surface area contributed by atoms with Crippen molar-refractivity contribution in [3.63, 3.8) is 0 Å². The summed E-state index contributed by atoms with van der Waals surface area (Å²) in [5.41, 5.74) is 3.72. The zero-order valence-electron chi connectivity index (χ0n) is 15.1. The topological polar surface area (TPSA) is 63.1 Å². The van der Waals surface area contributed by atoms with Gasteiger partial charge in [0.2, 0.25) is 0 Å². The number of piperidine rings is 1. The minimum atomic E-state index is -0.0408. The quantitative estimate of drug-likeness (QED) is 0.790. The van der Waals surface area contributed by atoms with E-state index >= 15 is 0 Å². The van der Waals surface area contributed by atoms with Gasteiger partial charge in [0.15, 0.2) is 0 Å². The first-order valence-corrected chi connectivity index (χ1v) is 9.02. The van der Waals surface area contributed by atoms with Crippen LogP contribution < -0.4 is 10.2 Å². The Hall–Kier alpha value is -2.89. The molecular formula is C20H23N5O. The number of aryl methyl sites for hydroxylation is 2. The number of pyridine rings is 1. The van der Waals surface area contributed by atoms with E-state index in [4.69, 9.17) is 0 Å². The Labute approximate surface area is 152 Å². The van der Waals surface area contributed by atoms with Crippen LogP contribution in [0.15, 0.2) is 42.6 Å². The molecule has 0 spiro atoms. The van der Waals surface area contributed by atoms with Crippen LogP contribution in [0.5, 0.6) is 0 Å². The molecule has 4 rings (SSSR count). The summed E-state index contributed by atoms with van der Waals surface area (Å²) in [5, 5.41) is 8.59. The highest BCUT2D eigenvalue weighted by Crippen LogP contribution is 2.27. The van der Waals surface area contributed by atoms with Crippen molar-refractivity contribution in [3.05, 3.63) is 54.0 Å². The van der Waals surface area contributed by atoms with E-state index in [0.29, 0.717) is 5.69 Å². The number of nitrogens with one attached hydrogen (secondary N) is 1. The highest BCUT2D eigenvalue weighted by Gasteiger charge is 2.23. The van der Waals surface area contributed by atoms with Gasteiger partial charge in [0.05, 0.1) is 11.2 Å². The molecule has 6 heteroatoms. The molecule has 1 aliphatic heterocycles. The zero-order valence-corrected chi connectivity index (χ0v) is 15.1. The van der Waals surface area contributed by atoms with E-state index in [1.165, 1.54) is 11.1 Å². The normalized spacial score (nSPS) is 15.4. The van der Waals surface area contributed by atoms with E-state index in [1.54, 1.807) is 11.7 Å². The van der Waals surface area contributed by atoms with Crippen LogP contribution in [0.2, 0.25) is 0 Å². The van der Waals surface area contributed by atoms with Gasteiger partial charge in [-0.2, -0.15) is 5.10 Å². The average Bonchev–Trinajstić information content (AvgIpc) is 3.00. The van der Waals surface area contributed by atoms with Gasteiger partial charge in [0.25, 0.3) is 5.91 Å². The summed E-state index contributed by atoms with van der Waals surface area (Å²) in [5.74, 6) is -0.0408. The lowest BCUT2D eigenvalue weighted by atomic mass is 10.0. The Balaban J connectivity index is 1.42. The van der Waals surface area contributed by atoms with Crippen molar-refractivity contribution in [1.82, 2.24) is 20.1 Å². The highest BCUT2D eigenvalue weighted by molar-refractivity contribution is 5.93. The molecule has 0 radical (unpaired) electrons. The second-order valence-electron chi connectivity index (χ2n) is 6.88. The molecule has 0 bridgehead atoms. The van der Waals surface area contributed by atoms with Gasteiger partial charge in [-0.25, -0.2) is 0 Å². The largest absolute Gasteiger partial charge is 0.371 e. The number of hydrogen-bond acceptors (Lipinski definition) is 4. The molecule has 3 heterocycles. The molecule has 1 aliphatic rings. The fourth-order valence-electron chi connectivity index (χ4n) is 3.70. The number of fused-ring (bicyclic) bond motifs is 1. The molecule has 3 aromatic rings. The number of nitrogens with zero attached hydrogens (tertiary/aromatic N) is 4. The van der Waals surface area contributed by atoms with Gasteiger partial charge in [0, 0.05) is 43.4 Å². The van der Waals surface area contributed by atoms with E-state index in [9.17, 15) is 4.79 Å². The number of hydrogen-bond donors (Lipinski definition) is 1. The zero-order chi connectivity index (χ0) is 18.1. The van der Waals surface area contributed by atoms with Gasteiger partial charge < -0.3 is 10.2 Å². The molecule has 1 amide bonds. The Kier molecular flexibility index (Phi) is 4.32. The van der Waals surface area contributed by atoms with Crippen molar-refractivity contribution in [1.29, 1.82) is 0 Å². The summed E-state index contributed by atoms with van der Waals surface area (Å²) in [6.45, 7) is 3.74. The predicted molar refractivity (Wildman–Crippen MR) is 102 cm³/mol. The molecular weight excluding hydrogens is 326 g/mol. The van der Waals surface area contributed by atoms with E-state index in [-0.39, 0.29) is 11.9 Å². The van der Waals surface area contributed by atoms with E-state index in [1.807, 2.05) is 31.3 Å². The van der Waals surface area contributed by atoms with Gasteiger partial charge in [-0.3, -0.25) is 14.5 Å². The third kappa shape index (κ3) is 3.14. The van der Waals surface area contributed by atoms with Crippen LogP contribution in [0.1, 0.15) is 29.0 Å². The van der Waals surface area contributed by atoms with Crippen molar-refractivity contribution in [2.24, 2.45) is 7.05 Å². The number of carbonyl (C=O) groups excluding carboxylic acids is 1. The maximum Gasteiger partial charge on any atom is 0.269 e. The van der Waals surface area contributed by atoms with Crippen LogP contribution in [0, 0.1) is 6.92 Å². The lowest BCUT2D eigenvalue weighted by molar-refractivity contribution is 0.0921. The van der Waals surface area contributed by atoms with Crippen LogP contribution >= 0.6 is 0 Å². The second-order valence-corrected chi connectivity index (χ2v) is 6.88. The third-order valence-electron chi connectivity index (χ3n) is 5.03. The number of rotatable bonds is 3. The van der Waals surface area contributed by atoms with Gasteiger partial charge in [-0.15, -0.1) is 0 Å². The molecule has 0 saturated carbocycles. The Morgan fingerprint density at radius 3 is 2.69 bits per heavy atom. The molecule has 1 saturated heterocycles. The summed E-state index contributed by atoms with van der Waals surface area (Å²) in [4.78, 5) is 19.3. The van der Waals surface area contributed by atoms with Gasteiger partial charge >= 0.3 is 0 Å². The molecule has 1 fully saturated rings. The molecule has 134 valence electrons. The highest BCUT2D eigenvalue weighted by atomic mass is 16.2. The number of benzene rings is 1. The third-order valence-corrected chi connectivity index (χ3v) is 5.03. The number of para-hydroxylation sites is 1. The number of carbonyl (C=O) groups is 1. The molecule has 0 atom stereocenters. The lowest BCUT2D eigenvalue weighted by Crippen LogP contribution is -2.45. The predicted octanol–water partition coefficient (Wildman–Crippen LogP) is 2.68. The van der Waals surface area contributed by atoms with Crippen LogP contribution in [0.3, 0.4) is 0 Å². The molecule has 0 aliphatic carbocycles. The fourth-order valence-corrected chi connectivity index (χ4v) is 3.70. The van der Waals surface area contributed by atoms with Crippen LogP contribution in [-0.2, 0) is 7.05 Å². The monoisotopic (exact) mass is 349 g/mol. The first-order chi connectivity index (χ1) is 12.6. The molecule has 6 nitrogen and oxygen atoms in total. The van der Waals surface area contributed by atoms with Crippen molar-refractivity contribution < 1.29 is 4.79 Å². The van der Waals surface area contributed by atoms with Gasteiger partial charge in [0.1, 0.15) is 5.69 Å². The fraction of sp³-hybridized carbons (Fsp3) is 0.350. The summed E-state index contributed by atoms with van der Waals surface area (Å²) >= 11 is 0. The van der Waals surface area contributed by atoms with Gasteiger partial charge in [-0.1, -0.05) is 18.2 Å². The molecule has 2 aromatic heterocycles. The van der Waals surface area contributed by atoms with Gasteiger partial charge in [-0.05, 0) is 38.0 Å². The lowest BCUT2D eigenvalue weighted by Gasteiger charge is -2.34. The maximum absolute atomic E-state index is 12.5. The Morgan fingerprint density at radius 2 is 1.96 bits per heavy atom. The first-order valence-electron chi connectivity index (χ1n) is 9.02. The van der Waals surface area contributed by atoms with Crippen molar-refractivity contribution in [3.8, 4) is 0 Å². The SMILES string of the molecule is Cc1cc(C(=O)NC2CCN(c3ccnc4ccccc34)CC2)n(C)n1. The van der Waals surface area contributed by atoms with Crippen LogP contribution in [-0.4, -0.2) is 39.8 Å². The number of amides is 1. The summed E-state index contributed by atoms with van der Waals surface area (Å²) in [6.07, 6.45) is 3.73. The van der Waals surface area contributed by atoms with Crippen molar-refractivity contribution >= 4 is 22.5 Å². The molecule has 0 unspecified atom stereocenters.